The van der Waals surface area contributed by atoms with Crippen LogP contribution in [0.3, 0.4) is 0 Å². The van der Waals surface area contributed by atoms with E-state index in [0.29, 0.717) is 0 Å². The molecule has 0 rings (SSSR count). The zero-order valence-corrected chi connectivity index (χ0v) is 17.2. The third kappa shape index (κ3) is 3.99. The third-order valence-electron chi connectivity index (χ3n) is 3.59. The van der Waals surface area contributed by atoms with E-state index in [-0.39, 0.29) is 0 Å². The maximum absolute atomic E-state index is 5.82. The van der Waals surface area contributed by atoms with Crippen molar-refractivity contribution in [1.29, 1.82) is 0 Å². The van der Waals surface area contributed by atoms with E-state index >= 15 is 0 Å². The molecule has 0 aliphatic heterocycles. The molecule has 0 N–H and O–H groups in total. The molecule has 7 heteroatoms. The maximum atomic E-state index is 5.82. The minimum atomic E-state index is -1.93. The molecule has 105 valence electrons. The molecular weight excluding hydrogens is 292 g/mol. The lowest BCUT2D eigenvalue weighted by Crippen LogP contribution is -2.51. The summed E-state index contributed by atoms with van der Waals surface area (Å²) < 4.78 is 17.4. The second-order valence-electron chi connectivity index (χ2n) is 5.89. The molecule has 0 spiro atoms. The van der Waals surface area contributed by atoms with Gasteiger partial charge in [-0.3, -0.25) is 0 Å². The second kappa shape index (κ2) is 6.29. The van der Waals surface area contributed by atoms with Gasteiger partial charge in [0.25, 0.3) is 0 Å². The minimum Gasteiger partial charge on any atom is -0.417 e. The Morgan fingerprint density at radius 1 is 0.667 bits per heavy atom. The molecule has 3 nitrogen and oxygen atoms in total. The molecule has 0 amide bonds. The molecule has 18 heavy (non-hydrogen) atoms. The Morgan fingerprint density at radius 2 is 0.944 bits per heavy atom. The van der Waals surface area contributed by atoms with Crippen LogP contribution in [0.2, 0.25) is 39.3 Å². The van der Waals surface area contributed by atoms with Crippen LogP contribution in [-0.4, -0.2) is 56.5 Å². The zero-order valence-electron chi connectivity index (χ0n) is 13.2. The Kier molecular flexibility index (Phi) is 6.46. The van der Waals surface area contributed by atoms with Crippen molar-refractivity contribution in [2.24, 2.45) is 0 Å². The first-order chi connectivity index (χ1) is 7.96. The molecule has 0 saturated carbocycles. The summed E-state index contributed by atoms with van der Waals surface area (Å²) in [5.41, 5.74) is 0. The quantitative estimate of drug-likeness (QED) is 0.704. The molecule has 0 aliphatic carbocycles. The van der Waals surface area contributed by atoms with Gasteiger partial charge in [-0.15, -0.1) is 0 Å². The van der Waals surface area contributed by atoms with Gasteiger partial charge >= 0.3 is 0 Å². The van der Waals surface area contributed by atoms with Crippen LogP contribution in [0.15, 0.2) is 9.64 Å². The van der Waals surface area contributed by atoms with Crippen LogP contribution in [0.25, 0.3) is 0 Å². The standard InChI is InChI=1S/C11H27O3Si4/c1-12-16(4,5)10(15)11(17(6,7)13-2)18(8,9)14-3/h1-9H3. The molecule has 0 atom stereocenters. The molecule has 0 aromatic carbocycles. The molecule has 0 bridgehead atoms. The van der Waals surface area contributed by atoms with Crippen molar-refractivity contribution in [2.75, 3.05) is 21.3 Å². The smallest absolute Gasteiger partial charge is 0.211 e. The lowest BCUT2D eigenvalue weighted by atomic mass is 11.2. The van der Waals surface area contributed by atoms with E-state index < -0.39 is 25.0 Å². The van der Waals surface area contributed by atoms with Gasteiger partial charge in [0.15, 0.2) is 0 Å². The van der Waals surface area contributed by atoms with Crippen LogP contribution in [-0.2, 0) is 13.3 Å². The predicted molar refractivity (Wildman–Crippen MR) is 86.3 cm³/mol. The van der Waals surface area contributed by atoms with E-state index in [1.807, 2.05) is 0 Å². The first-order valence-corrected chi connectivity index (χ1v) is 15.3. The monoisotopic (exact) mass is 319 g/mol. The normalized spacial score (nSPS) is 13.7. The van der Waals surface area contributed by atoms with Crippen LogP contribution >= 0.6 is 0 Å². The predicted octanol–water partition coefficient (Wildman–Crippen LogP) is 2.58. The molecule has 0 fully saturated rings. The average molecular weight is 320 g/mol. The second-order valence-corrected chi connectivity index (χ2v) is 19.2. The van der Waals surface area contributed by atoms with E-state index in [4.69, 9.17) is 13.3 Å². The lowest BCUT2D eigenvalue weighted by Gasteiger charge is -2.38. The van der Waals surface area contributed by atoms with Gasteiger partial charge in [0.2, 0.25) is 25.0 Å². The van der Waals surface area contributed by atoms with E-state index in [9.17, 15) is 0 Å². The van der Waals surface area contributed by atoms with E-state index in [0.717, 1.165) is 0 Å². The average Bonchev–Trinajstić information content (AvgIpc) is 2.28. The van der Waals surface area contributed by atoms with E-state index in [1.165, 1.54) is 9.64 Å². The molecule has 3 radical (unpaired) electrons. The van der Waals surface area contributed by atoms with Crippen LogP contribution in [0.5, 0.6) is 0 Å². The van der Waals surface area contributed by atoms with Gasteiger partial charge in [-0.05, 0) is 44.1 Å². The van der Waals surface area contributed by atoms with Crippen molar-refractivity contribution >= 4 is 35.2 Å². The summed E-state index contributed by atoms with van der Waals surface area (Å²) in [7, 11) is 3.49. The van der Waals surface area contributed by atoms with Gasteiger partial charge in [-0.2, -0.15) is 0 Å². The SMILES string of the molecule is CO[Si](C)(C)C([Si])=C([Si](C)(C)OC)[Si](C)(C)OC. The van der Waals surface area contributed by atoms with Crippen molar-refractivity contribution in [3.63, 3.8) is 0 Å². The largest absolute Gasteiger partial charge is 0.417 e. The van der Waals surface area contributed by atoms with Gasteiger partial charge in [0.05, 0.1) is 10.2 Å². The Morgan fingerprint density at radius 3 is 1.17 bits per heavy atom. The summed E-state index contributed by atoms with van der Waals surface area (Å²) in [6.45, 7) is 13.3. The zero-order chi connectivity index (χ0) is 14.8. The fraction of sp³-hybridized carbons (Fsp3) is 0.818. The van der Waals surface area contributed by atoms with Crippen molar-refractivity contribution in [1.82, 2.24) is 0 Å². The van der Waals surface area contributed by atoms with Gasteiger partial charge < -0.3 is 13.3 Å². The van der Waals surface area contributed by atoms with Gasteiger partial charge in [-0.1, -0.05) is 4.82 Å². The minimum absolute atomic E-state index is 1.21. The summed E-state index contributed by atoms with van der Waals surface area (Å²) >= 11 is 0. The van der Waals surface area contributed by atoms with Crippen molar-refractivity contribution < 1.29 is 13.3 Å². The molecule has 0 heterocycles. The maximum Gasteiger partial charge on any atom is 0.211 e. The van der Waals surface area contributed by atoms with E-state index in [2.05, 4.69) is 49.5 Å². The first-order valence-electron chi connectivity index (χ1n) is 6.09. The highest BCUT2D eigenvalue weighted by atomic mass is 28.4. The van der Waals surface area contributed by atoms with Crippen LogP contribution in [0, 0.1) is 0 Å². The Labute approximate surface area is 119 Å². The summed E-state index contributed by atoms with van der Waals surface area (Å²) in [4.78, 5) is 2.58. The van der Waals surface area contributed by atoms with Crippen molar-refractivity contribution in [2.45, 2.75) is 39.3 Å². The number of hydrogen-bond donors (Lipinski definition) is 0. The summed E-state index contributed by atoms with van der Waals surface area (Å²) in [6, 6.07) is 0. The molecular formula is C11H27O3Si4. The fourth-order valence-electron chi connectivity index (χ4n) is 1.93. The number of hydrogen-bond acceptors (Lipinski definition) is 3. The topological polar surface area (TPSA) is 27.7 Å². The van der Waals surface area contributed by atoms with E-state index in [1.54, 1.807) is 21.3 Å². The molecule has 0 aromatic heterocycles. The Hall–Kier alpha value is 0.488. The highest BCUT2D eigenvalue weighted by Crippen LogP contribution is 2.32. The molecule has 0 aliphatic rings. The van der Waals surface area contributed by atoms with Gasteiger partial charge in [0.1, 0.15) is 0 Å². The first kappa shape index (κ1) is 18.5. The highest BCUT2D eigenvalue weighted by molar-refractivity contribution is 7.04. The van der Waals surface area contributed by atoms with Crippen molar-refractivity contribution in [3.8, 4) is 0 Å². The van der Waals surface area contributed by atoms with Gasteiger partial charge in [0, 0.05) is 21.3 Å². The molecule has 0 unspecified atom stereocenters. The summed E-state index contributed by atoms with van der Waals surface area (Å²) in [6.07, 6.45) is 0. The lowest BCUT2D eigenvalue weighted by molar-refractivity contribution is 0.396. The Bertz CT molecular complexity index is 306. The summed E-state index contributed by atoms with van der Waals surface area (Å²) in [5.74, 6) is 0. The third-order valence-corrected chi connectivity index (χ3v) is 17.7. The molecule has 0 saturated heterocycles. The van der Waals surface area contributed by atoms with Crippen LogP contribution in [0.1, 0.15) is 0 Å². The van der Waals surface area contributed by atoms with Crippen LogP contribution in [0.4, 0.5) is 0 Å². The number of rotatable bonds is 6. The van der Waals surface area contributed by atoms with Crippen molar-refractivity contribution in [3.05, 3.63) is 9.64 Å². The highest BCUT2D eigenvalue weighted by Gasteiger charge is 2.44. The Balaban J connectivity index is 6.01. The van der Waals surface area contributed by atoms with Gasteiger partial charge in [-0.25, -0.2) is 0 Å². The van der Waals surface area contributed by atoms with Crippen LogP contribution < -0.4 is 0 Å². The fourth-order valence-corrected chi connectivity index (χ4v) is 16.5. The molecule has 0 aromatic rings. The summed E-state index contributed by atoms with van der Waals surface area (Å²) in [5, 5.41) is 0.